The minimum atomic E-state index is 0.257. The lowest BCUT2D eigenvalue weighted by molar-refractivity contribution is 0.153. The average Bonchev–Trinajstić information content (AvgIpc) is 3.39. The molecule has 1 aliphatic heterocycles. The van der Waals surface area contributed by atoms with Crippen molar-refractivity contribution in [3.8, 4) is 0 Å². The van der Waals surface area contributed by atoms with E-state index in [4.69, 9.17) is 0 Å². The van der Waals surface area contributed by atoms with Gasteiger partial charge in [0, 0.05) is 36.7 Å². The Morgan fingerprint density at radius 1 is 1.00 bits per heavy atom. The number of tetrazole rings is 1. The molecule has 1 fully saturated rings. The summed E-state index contributed by atoms with van der Waals surface area (Å²) in [6.45, 7) is 9.42. The van der Waals surface area contributed by atoms with Gasteiger partial charge in [-0.1, -0.05) is 38.1 Å². The summed E-state index contributed by atoms with van der Waals surface area (Å²) >= 11 is 1.75. The lowest BCUT2D eigenvalue weighted by Gasteiger charge is -2.40. The molecule has 6 nitrogen and oxygen atoms in total. The van der Waals surface area contributed by atoms with E-state index >= 15 is 0 Å². The Hall–Kier alpha value is -2.25. The molecule has 0 bridgehead atoms. The van der Waals surface area contributed by atoms with Gasteiger partial charge >= 0.3 is 0 Å². The van der Waals surface area contributed by atoms with Gasteiger partial charge in [0.05, 0.1) is 12.6 Å². The third-order valence-corrected chi connectivity index (χ3v) is 6.18. The zero-order chi connectivity index (χ0) is 19.3. The molecule has 0 unspecified atom stereocenters. The topological polar surface area (TPSA) is 50.1 Å². The molecule has 0 radical (unpaired) electrons. The number of para-hydroxylation sites is 1. The van der Waals surface area contributed by atoms with E-state index in [1.807, 2.05) is 4.68 Å². The van der Waals surface area contributed by atoms with Gasteiger partial charge < -0.3 is 4.90 Å². The molecule has 3 heterocycles. The predicted molar refractivity (Wildman–Crippen MR) is 114 cm³/mol. The fourth-order valence-corrected chi connectivity index (χ4v) is 4.59. The summed E-state index contributed by atoms with van der Waals surface area (Å²) in [6, 6.07) is 15.2. The second-order valence-corrected chi connectivity index (χ2v) is 8.81. The van der Waals surface area contributed by atoms with Crippen molar-refractivity contribution in [2.75, 3.05) is 31.1 Å². The summed E-state index contributed by atoms with van der Waals surface area (Å²) in [5.41, 5.74) is 1.31. The van der Waals surface area contributed by atoms with Crippen molar-refractivity contribution in [2.24, 2.45) is 5.92 Å². The summed E-state index contributed by atoms with van der Waals surface area (Å²) < 4.78 is 1.99. The van der Waals surface area contributed by atoms with E-state index in [2.05, 4.69) is 87.0 Å². The number of rotatable bonds is 7. The van der Waals surface area contributed by atoms with Crippen LogP contribution in [-0.2, 0) is 6.54 Å². The maximum absolute atomic E-state index is 4.45. The fraction of sp³-hybridized carbons (Fsp3) is 0.476. The summed E-state index contributed by atoms with van der Waals surface area (Å²) in [7, 11) is 0. The number of benzene rings is 1. The molecule has 2 aromatic heterocycles. The molecule has 1 atom stereocenters. The predicted octanol–water partition coefficient (Wildman–Crippen LogP) is 3.69. The summed E-state index contributed by atoms with van der Waals surface area (Å²) in [5.74, 6) is 1.58. The molecule has 7 heteroatoms. The standard InChI is InChI=1S/C21H28N6S/c1-17(2)15-20(21-22-23-24-27(21)16-19-9-6-14-28-19)26-12-10-25(11-13-26)18-7-4-3-5-8-18/h3-9,14,17,20H,10-13,15-16H2,1-2H3/t20-/m0/s1. The maximum Gasteiger partial charge on any atom is 0.168 e. The van der Waals surface area contributed by atoms with Crippen LogP contribution in [0.15, 0.2) is 47.8 Å². The van der Waals surface area contributed by atoms with Gasteiger partial charge in [-0.2, -0.15) is 0 Å². The molecule has 0 amide bonds. The number of anilines is 1. The normalized spacial score (nSPS) is 16.6. The van der Waals surface area contributed by atoms with Crippen molar-refractivity contribution in [3.05, 3.63) is 58.5 Å². The van der Waals surface area contributed by atoms with Crippen molar-refractivity contribution < 1.29 is 0 Å². The second-order valence-electron chi connectivity index (χ2n) is 7.78. The number of nitrogens with zero attached hydrogens (tertiary/aromatic N) is 6. The lowest BCUT2D eigenvalue weighted by Crippen LogP contribution is -2.48. The summed E-state index contributed by atoms with van der Waals surface area (Å²) in [4.78, 5) is 6.32. The van der Waals surface area contributed by atoms with Gasteiger partial charge in [0.1, 0.15) is 0 Å². The van der Waals surface area contributed by atoms with Crippen molar-refractivity contribution in [1.82, 2.24) is 25.1 Å². The number of thiophene rings is 1. The molecule has 1 saturated heterocycles. The minimum Gasteiger partial charge on any atom is -0.369 e. The Kier molecular flexibility index (Phi) is 6.02. The summed E-state index contributed by atoms with van der Waals surface area (Å²) in [6.07, 6.45) is 1.07. The lowest BCUT2D eigenvalue weighted by atomic mass is 10.0. The third kappa shape index (κ3) is 4.42. The number of hydrogen-bond donors (Lipinski definition) is 0. The third-order valence-electron chi connectivity index (χ3n) is 5.31. The number of piperazine rings is 1. The van der Waals surface area contributed by atoms with Crippen molar-refractivity contribution >= 4 is 17.0 Å². The van der Waals surface area contributed by atoms with E-state index in [1.165, 1.54) is 10.6 Å². The molecule has 0 aliphatic carbocycles. The second kappa shape index (κ2) is 8.84. The number of hydrogen-bond acceptors (Lipinski definition) is 6. The zero-order valence-electron chi connectivity index (χ0n) is 16.6. The molecule has 0 N–H and O–H groups in total. The molecule has 1 aliphatic rings. The molecule has 148 valence electrons. The van der Waals surface area contributed by atoms with E-state index in [9.17, 15) is 0 Å². The molecule has 3 aromatic rings. The van der Waals surface area contributed by atoms with Crippen molar-refractivity contribution in [1.29, 1.82) is 0 Å². The largest absolute Gasteiger partial charge is 0.369 e. The molecule has 1 aromatic carbocycles. The van der Waals surface area contributed by atoms with Crippen LogP contribution < -0.4 is 4.90 Å². The minimum absolute atomic E-state index is 0.257. The zero-order valence-corrected chi connectivity index (χ0v) is 17.4. The van der Waals surface area contributed by atoms with E-state index in [0.717, 1.165) is 45.0 Å². The van der Waals surface area contributed by atoms with Gasteiger partial charge in [-0.3, -0.25) is 4.90 Å². The van der Waals surface area contributed by atoms with Crippen molar-refractivity contribution in [2.45, 2.75) is 32.9 Å². The van der Waals surface area contributed by atoms with E-state index in [1.54, 1.807) is 11.3 Å². The highest BCUT2D eigenvalue weighted by molar-refractivity contribution is 7.09. The molecular formula is C21H28N6S. The average molecular weight is 397 g/mol. The molecule has 0 spiro atoms. The Balaban J connectivity index is 1.49. The maximum atomic E-state index is 4.45. The van der Waals surface area contributed by atoms with Crippen LogP contribution in [0.4, 0.5) is 5.69 Å². The van der Waals surface area contributed by atoms with Crippen LogP contribution in [0.25, 0.3) is 0 Å². The highest BCUT2D eigenvalue weighted by atomic mass is 32.1. The Bertz CT molecular complexity index is 837. The monoisotopic (exact) mass is 396 g/mol. The molecule has 4 rings (SSSR count). The highest BCUT2D eigenvalue weighted by Gasteiger charge is 2.29. The highest BCUT2D eigenvalue weighted by Crippen LogP contribution is 2.28. The van der Waals surface area contributed by atoms with Crippen LogP contribution in [0.5, 0.6) is 0 Å². The Labute approximate surface area is 170 Å². The first-order chi connectivity index (χ1) is 13.7. The first-order valence-corrected chi connectivity index (χ1v) is 10.9. The Morgan fingerprint density at radius 3 is 2.46 bits per heavy atom. The van der Waals surface area contributed by atoms with Gasteiger partial charge in [-0.05, 0) is 46.3 Å². The summed E-state index contributed by atoms with van der Waals surface area (Å²) in [5, 5.41) is 14.9. The molecule has 28 heavy (non-hydrogen) atoms. The SMILES string of the molecule is CC(C)C[C@@H](c1nnnn1Cc1cccs1)N1CCN(c2ccccc2)CC1. The van der Waals surface area contributed by atoms with Crippen LogP contribution in [0.1, 0.15) is 37.0 Å². The number of aromatic nitrogens is 4. The fourth-order valence-electron chi connectivity index (χ4n) is 3.91. The van der Waals surface area contributed by atoms with Crippen LogP contribution in [0.2, 0.25) is 0 Å². The van der Waals surface area contributed by atoms with Crippen LogP contribution in [0, 0.1) is 5.92 Å². The first-order valence-electron chi connectivity index (χ1n) is 10.0. The first kappa shape index (κ1) is 19.1. The van der Waals surface area contributed by atoms with Crippen LogP contribution in [0.3, 0.4) is 0 Å². The van der Waals surface area contributed by atoms with Gasteiger partial charge in [0.2, 0.25) is 0 Å². The van der Waals surface area contributed by atoms with E-state index < -0.39 is 0 Å². The molecular weight excluding hydrogens is 368 g/mol. The van der Waals surface area contributed by atoms with Crippen LogP contribution in [-0.4, -0.2) is 51.3 Å². The quantitative estimate of drug-likeness (QED) is 0.610. The van der Waals surface area contributed by atoms with Crippen molar-refractivity contribution in [3.63, 3.8) is 0 Å². The molecule has 0 saturated carbocycles. The van der Waals surface area contributed by atoms with Gasteiger partial charge in [-0.25, -0.2) is 4.68 Å². The van der Waals surface area contributed by atoms with E-state index in [-0.39, 0.29) is 6.04 Å². The van der Waals surface area contributed by atoms with Gasteiger partial charge in [0.15, 0.2) is 5.82 Å². The smallest absolute Gasteiger partial charge is 0.168 e. The van der Waals surface area contributed by atoms with Gasteiger partial charge in [0.25, 0.3) is 0 Å². The van der Waals surface area contributed by atoms with Crippen LogP contribution >= 0.6 is 11.3 Å². The Morgan fingerprint density at radius 2 is 1.79 bits per heavy atom. The van der Waals surface area contributed by atoms with Gasteiger partial charge in [-0.15, -0.1) is 16.4 Å². The van der Waals surface area contributed by atoms with E-state index in [0.29, 0.717) is 5.92 Å².